The molecule has 0 aliphatic heterocycles. The lowest BCUT2D eigenvalue weighted by atomic mass is 10.0. The van der Waals surface area contributed by atoms with Gasteiger partial charge in [-0.1, -0.05) is 36.4 Å². The second-order valence-electron chi connectivity index (χ2n) is 6.88. The fraction of sp³-hybridized carbons (Fsp3) is 0.364. The summed E-state index contributed by atoms with van der Waals surface area (Å²) < 4.78 is 5.19. The number of likely N-dealkylation sites (N-methyl/N-ethyl adjacent to an activating group) is 1. The van der Waals surface area contributed by atoms with Crippen molar-refractivity contribution in [3.05, 3.63) is 65.2 Å². The smallest absolute Gasteiger partial charge is 0.241 e. The molecule has 1 amide bonds. The molecule has 0 spiro atoms. The van der Waals surface area contributed by atoms with Gasteiger partial charge < -0.3 is 20.3 Å². The molecule has 1 atom stereocenters. The number of aliphatic imine (C=N–C) groups is 1. The number of hydrogen-bond acceptors (Lipinski definition) is 3. The Morgan fingerprint density at radius 1 is 1.14 bits per heavy atom. The minimum absolute atomic E-state index is 0.0116. The summed E-state index contributed by atoms with van der Waals surface area (Å²) in [4.78, 5) is 18.2. The second-order valence-corrected chi connectivity index (χ2v) is 6.88. The van der Waals surface area contributed by atoms with Crippen molar-refractivity contribution < 1.29 is 9.53 Å². The number of nitrogens with zero attached hydrogens (tertiary/aromatic N) is 2. The van der Waals surface area contributed by atoms with Crippen LogP contribution in [-0.4, -0.2) is 44.5 Å². The van der Waals surface area contributed by atoms with Crippen LogP contribution in [0.25, 0.3) is 0 Å². The maximum atomic E-state index is 12.0. The Hall–Kier alpha value is -3.02. The molecule has 2 N–H and O–H groups in total. The Labute approximate surface area is 167 Å². The van der Waals surface area contributed by atoms with Gasteiger partial charge in [-0.25, -0.2) is 4.99 Å². The molecule has 0 aliphatic rings. The fourth-order valence-corrected chi connectivity index (χ4v) is 2.73. The maximum Gasteiger partial charge on any atom is 0.241 e. The Balaban J connectivity index is 2.12. The Bertz CT molecular complexity index is 800. The van der Waals surface area contributed by atoms with Crippen LogP contribution in [0.2, 0.25) is 0 Å². The number of carbonyl (C=O) groups is 1. The van der Waals surface area contributed by atoms with Crippen molar-refractivity contribution in [3.63, 3.8) is 0 Å². The van der Waals surface area contributed by atoms with E-state index >= 15 is 0 Å². The molecule has 0 saturated carbocycles. The van der Waals surface area contributed by atoms with Crippen molar-refractivity contribution in [3.8, 4) is 5.75 Å². The van der Waals surface area contributed by atoms with E-state index in [4.69, 9.17) is 4.74 Å². The molecule has 28 heavy (non-hydrogen) atoms. The Kier molecular flexibility index (Phi) is 7.87. The molecule has 0 radical (unpaired) electrons. The lowest BCUT2D eigenvalue weighted by molar-refractivity contribution is -0.127. The van der Waals surface area contributed by atoms with Crippen LogP contribution in [0, 0.1) is 6.92 Å². The molecule has 0 saturated heterocycles. The number of nitrogens with one attached hydrogen (secondary N) is 2. The zero-order valence-corrected chi connectivity index (χ0v) is 17.3. The zero-order valence-electron chi connectivity index (χ0n) is 17.3. The minimum Gasteiger partial charge on any atom is -0.497 e. The predicted octanol–water partition coefficient (Wildman–Crippen LogP) is 2.89. The van der Waals surface area contributed by atoms with E-state index in [1.54, 1.807) is 26.1 Å². The Morgan fingerprint density at radius 3 is 2.43 bits per heavy atom. The first-order valence-electron chi connectivity index (χ1n) is 9.34. The highest BCUT2D eigenvalue weighted by atomic mass is 16.5. The van der Waals surface area contributed by atoms with Crippen LogP contribution in [-0.2, 0) is 11.3 Å². The first kappa shape index (κ1) is 21.3. The van der Waals surface area contributed by atoms with E-state index in [0.717, 1.165) is 11.3 Å². The predicted molar refractivity (Wildman–Crippen MR) is 114 cm³/mol. The second kappa shape index (κ2) is 10.3. The molecular weight excluding hydrogens is 352 g/mol. The van der Waals surface area contributed by atoms with Crippen LogP contribution in [0.4, 0.5) is 0 Å². The van der Waals surface area contributed by atoms with Gasteiger partial charge in [0.1, 0.15) is 5.75 Å². The third kappa shape index (κ3) is 6.30. The number of ether oxygens (including phenoxy) is 1. The number of methoxy groups -OCH3 is 1. The monoisotopic (exact) mass is 382 g/mol. The summed E-state index contributed by atoms with van der Waals surface area (Å²) in [5.41, 5.74) is 3.46. The highest BCUT2D eigenvalue weighted by Crippen LogP contribution is 2.16. The van der Waals surface area contributed by atoms with Crippen LogP contribution in [0.1, 0.15) is 29.7 Å². The van der Waals surface area contributed by atoms with Crippen molar-refractivity contribution in [2.75, 3.05) is 27.7 Å². The molecule has 6 nitrogen and oxygen atoms in total. The van der Waals surface area contributed by atoms with Gasteiger partial charge in [-0.15, -0.1) is 0 Å². The van der Waals surface area contributed by atoms with E-state index in [0.29, 0.717) is 12.5 Å². The van der Waals surface area contributed by atoms with Crippen molar-refractivity contribution in [2.45, 2.75) is 26.4 Å². The van der Waals surface area contributed by atoms with Gasteiger partial charge in [0.15, 0.2) is 5.96 Å². The molecule has 0 bridgehead atoms. The van der Waals surface area contributed by atoms with Crippen LogP contribution in [0.5, 0.6) is 5.75 Å². The molecular formula is C22H30N4O2. The summed E-state index contributed by atoms with van der Waals surface area (Å²) in [6.45, 7) is 4.85. The number of hydrogen-bond donors (Lipinski definition) is 2. The lowest BCUT2D eigenvalue weighted by Crippen LogP contribution is -2.43. The summed E-state index contributed by atoms with van der Waals surface area (Å²) in [5, 5.41) is 6.54. The van der Waals surface area contributed by atoms with E-state index in [1.165, 1.54) is 11.1 Å². The standard InChI is InChI=1S/C22H30N4O2/c1-16-8-6-7-9-20(16)17(2)25-22(24-15-21(27)26(3)4)23-14-18-10-12-19(28-5)13-11-18/h6-13,17H,14-15H2,1-5H3,(H2,23,24,25). The SMILES string of the molecule is COc1ccc(CN=C(NCC(=O)N(C)C)NC(C)c2ccccc2C)cc1. The van der Waals surface area contributed by atoms with Crippen molar-refractivity contribution in [2.24, 2.45) is 4.99 Å². The summed E-state index contributed by atoms with van der Waals surface area (Å²) >= 11 is 0. The lowest BCUT2D eigenvalue weighted by Gasteiger charge is -2.21. The van der Waals surface area contributed by atoms with Crippen LogP contribution in [0.15, 0.2) is 53.5 Å². The first-order valence-corrected chi connectivity index (χ1v) is 9.34. The van der Waals surface area contributed by atoms with Crippen molar-refractivity contribution in [1.29, 1.82) is 0 Å². The summed E-state index contributed by atoms with van der Waals surface area (Å²) in [7, 11) is 5.12. The summed E-state index contributed by atoms with van der Waals surface area (Å²) in [6.07, 6.45) is 0. The summed E-state index contributed by atoms with van der Waals surface area (Å²) in [6, 6.07) is 16.1. The highest BCUT2D eigenvalue weighted by molar-refractivity contribution is 5.86. The number of benzene rings is 2. The normalized spacial score (nSPS) is 12.2. The van der Waals surface area contributed by atoms with Crippen molar-refractivity contribution in [1.82, 2.24) is 15.5 Å². The topological polar surface area (TPSA) is 66.0 Å². The van der Waals surface area contributed by atoms with E-state index < -0.39 is 0 Å². The first-order chi connectivity index (χ1) is 13.4. The van der Waals surface area contributed by atoms with E-state index in [9.17, 15) is 4.79 Å². The number of rotatable bonds is 7. The van der Waals surface area contributed by atoms with E-state index in [1.807, 2.05) is 36.4 Å². The number of aryl methyl sites for hydroxylation is 1. The van der Waals surface area contributed by atoms with Gasteiger partial charge in [0, 0.05) is 14.1 Å². The van der Waals surface area contributed by atoms with Gasteiger partial charge in [-0.2, -0.15) is 0 Å². The largest absolute Gasteiger partial charge is 0.497 e. The third-order valence-electron chi connectivity index (χ3n) is 4.49. The number of carbonyl (C=O) groups excluding carboxylic acids is 1. The minimum atomic E-state index is -0.0116. The van der Waals surface area contributed by atoms with Crippen LogP contribution >= 0.6 is 0 Å². The average Bonchev–Trinajstić information content (AvgIpc) is 2.70. The van der Waals surface area contributed by atoms with Crippen molar-refractivity contribution >= 4 is 11.9 Å². The van der Waals surface area contributed by atoms with Gasteiger partial charge in [0.25, 0.3) is 0 Å². The molecule has 0 heterocycles. The van der Waals surface area contributed by atoms with Gasteiger partial charge >= 0.3 is 0 Å². The van der Waals surface area contributed by atoms with E-state index in [2.05, 4.69) is 41.6 Å². The summed E-state index contributed by atoms with van der Waals surface area (Å²) in [5.74, 6) is 1.40. The van der Waals surface area contributed by atoms with Gasteiger partial charge in [-0.3, -0.25) is 4.79 Å². The van der Waals surface area contributed by atoms with Crippen LogP contribution < -0.4 is 15.4 Å². The van der Waals surface area contributed by atoms with Crippen LogP contribution in [0.3, 0.4) is 0 Å². The molecule has 0 fully saturated rings. The number of guanidine groups is 1. The average molecular weight is 383 g/mol. The highest BCUT2D eigenvalue weighted by Gasteiger charge is 2.12. The molecule has 150 valence electrons. The molecule has 2 aromatic carbocycles. The number of amides is 1. The molecule has 6 heteroatoms. The quantitative estimate of drug-likeness (QED) is 0.571. The molecule has 2 rings (SSSR count). The molecule has 0 aromatic heterocycles. The Morgan fingerprint density at radius 2 is 1.82 bits per heavy atom. The molecule has 0 aliphatic carbocycles. The van der Waals surface area contributed by atoms with Gasteiger partial charge in [0.2, 0.25) is 5.91 Å². The maximum absolute atomic E-state index is 12.0. The van der Waals surface area contributed by atoms with Gasteiger partial charge in [-0.05, 0) is 42.7 Å². The fourth-order valence-electron chi connectivity index (χ4n) is 2.73. The molecule has 2 aromatic rings. The van der Waals surface area contributed by atoms with E-state index in [-0.39, 0.29) is 18.5 Å². The zero-order chi connectivity index (χ0) is 20.5. The van der Waals surface area contributed by atoms with Gasteiger partial charge in [0.05, 0.1) is 26.2 Å². The third-order valence-corrected chi connectivity index (χ3v) is 4.49. The molecule has 1 unspecified atom stereocenters.